The molecule has 0 aromatic heterocycles. The predicted molar refractivity (Wildman–Crippen MR) is 114 cm³/mol. The standard InChI is InChI=1S/C6H14N4O2.C6H14N2O2.C5H11NO2/c7-4(5(11)12)2-1-3-10-6(8)9;7-4-2-1-3-5(8)6(9)10;1-3(2)4(6)5(7)8/h4H,1-3,7H2,(H,11,12)(H4,8,9,10);5H,1-4,7-8H2,(H,9,10);3-4H,6H2,1-2H3,(H,7,8). The Bertz CT molecular complexity index is 505. The number of nitrogens with two attached hydrogens (primary N) is 5. The maximum atomic E-state index is 10.2. The van der Waals surface area contributed by atoms with Crippen molar-refractivity contribution in [2.75, 3.05) is 13.1 Å². The van der Waals surface area contributed by atoms with Crippen molar-refractivity contribution in [3.8, 4) is 0 Å². The van der Waals surface area contributed by atoms with E-state index in [1.807, 2.05) is 0 Å². The van der Waals surface area contributed by atoms with Crippen LogP contribution in [0.4, 0.5) is 0 Å². The first kappa shape index (κ1) is 32.2. The summed E-state index contributed by atoms with van der Waals surface area (Å²) in [6.45, 7) is 4.64. The van der Waals surface area contributed by atoms with Crippen LogP contribution in [0.2, 0.25) is 0 Å². The van der Waals surface area contributed by atoms with Gasteiger partial charge in [0.25, 0.3) is 0 Å². The van der Waals surface area contributed by atoms with E-state index in [9.17, 15) is 14.4 Å². The number of nitrogens with one attached hydrogen (secondary N) is 2. The van der Waals surface area contributed by atoms with E-state index in [2.05, 4.69) is 5.32 Å². The average Bonchev–Trinajstić information content (AvgIpc) is 2.64. The number of rotatable bonds is 12. The number of guanidine groups is 1. The number of carboxylic acids is 3. The molecule has 0 amide bonds. The molecule has 0 rings (SSSR count). The van der Waals surface area contributed by atoms with Gasteiger partial charge in [-0.2, -0.15) is 0 Å². The van der Waals surface area contributed by atoms with E-state index in [1.165, 1.54) is 0 Å². The fourth-order valence-electron chi connectivity index (χ4n) is 1.59. The normalized spacial score (nSPS) is 12.9. The Hall–Kier alpha value is -2.48. The molecular formula is C17H39N7O6. The zero-order valence-corrected chi connectivity index (χ0v) is 17.7. The molecule has 0 aromatic carbocycles. The summed E-state index contributed by atoms with van der Waals surface area (Å²) < 4.78 is 0. The van der Waals surface area contributed by atoms with Crippen molar-refractivity contribution in [3.63, 3.8) is 0 Å². The van der Waals surface area contributed by atoms with Gasteiger partial charge < -0.3 is 49.3 Å². The summed E-state index contributed by atoms with van der Waals surface area (Å²) >= 11 is 0. The van der Waals surface area contributed by atoms with Crippen LogP contribution in [-0.4, -0.2) is 70.4 Å². The summed E-state index contributed by atoms with van der Waals surface area (Å²) in [5.41, 5.74) is 25.8. The lowest BCUT2D eigenvalue weighted by molar-refractivity contribution is -0.140. The Kier molecular flexibility index (Phi) is 21.3. The molecule has 0 heterocycles. The van der Waals surface area contributed by atoms with Crippen molar-refractivity contribution in [2.45, 2.75) is 64.1 Å². The number of aliphatic carboxylic acids is 3. The number of carbonyl (C=O) groups is 3. The highest BCUT2D eigenvalue weighted by atomic mass is 16.4. The summed E-state index contributed by atoms with van der Waals surface area (Å²) in [6, 6.07) is -2.25. The number of unbranched alkanes of at least 4 members (excludes halogenated alkanes) is 1. The first-order chi connectivity index (χ1) is 13.8. The summed E-state index contributed by atoms with van der Waals surface area (Å²) in [4.78, 5) is 30.4. The van der Waals surface area contributed by atoms with Crippen molar-refractivity contribution in [3.05, 3.63) is 0 Å². The van der Waals surface area contributed by atoms with Gasteiger partial charge in [-0.25, -0.2) is 0 Å². The SMILES string of the molecule is CC(C)C(N)C(=O)O.N=C(N)NCCCC(N)C(=O)O.NCCCCC(N)C(=O)O. The van der Waals surface area contributed by atoms with E-state index in [0.717, 1.165) is 12.8 Å². The molecule has 0 fully saturated rings. The molecular weight excluding hydrogens is 398 g/mol. The molecule has 0 saturated carbocycles. The van der Waals surface area contributed by atoms with Crippen molar-refractivity contribution < 1.29 is 29.7 Å². The van der Waals surface area contributed by atoms with Gasteiger partial charge in [-0.15, -0.1) is 0 Å². The minimum Gasteiger partial charge on any atom is -0.480 e. The molecule has 13 heteroatoms. The fourth-order valence-corrected chi connectivity index (χ4v) is 1.59. The van der Waals surface area contributed by atoms with Gasteiger partial charge >= 0.3 is 17.9 Å². The third-order valence-electron chi connectivity index (χ3n) is 3.61. The lowest BCUT2D eigenvalue weighted by Crippen LogP contribution is -2.34. The van der Waals surface area contributed by atoms with Crippen molar-refractivity contribution >= 4 is 23.9 Å². The Balaban J connectivity index is -0.000000372. The molecule has 13 nitrogen and oxygen atoms in total. The van der Waals surface area contributed by atoms with E-state index in [1.54, 1.807) is 13.8 Å². The monoisotopic (exact) mass is 437 g/mol. The van der Waals surface area contributed by atoms with Gasteiger partial charge in [0, 0.05) is 6.54 Å². The van der Waals surface area contributed by atoms with Gasteiger partial charge in [-0.1, -0.05) is 20.3 Å². The third kappa shape index (κ3) is 23.6. The molecule has 0 spiro atoms. The highest BCUT2D eigenvalue weighted by Crippen LogP contribution is 1.97. The van der Waals surface area contributed by atoms with Crippen molar-refractivity contribution in [1.29, 1.82) is 5.41 Å². The van der Waals surface area contributed by atoms with Crippen LogP contribution in [0.3, 0.4) is 0 Å². The van der Waals surface area contributed by atoms with Crippen LogP contribution in [0, 0.1) is 11.3 Å². The van der Waals surface area contributed by atoms with Gasteiger partial charge in [0.05, 0.1) is 0 Å². The molecule has 15 N–H and O–H groups in total. The van der Waals surface area contributed by atoms with Crippen LogP contribution in [-0.2, 0) is 14.4 Å². The summed E-state index contributed by atoms with van der Waals surface area (Å²) in [7, 11) is 0. The lowest BCUT2D eigenvalue weighted by atomic mass is 10.1. The quantitative estimate of drug-likeness (QED) is 0.0923. The number of carboxylic acid groups (broad SMARTS) is 3. The molecule has 0 aromatic rings. The maximum absolute atomic E-state index is 10.2. The minimum atomic E-state index is -1.00. The van der Waals surface area contributed by atoms with Gasteiger partial charge in [0.2, 0.25) is 0 Å². The van der Waals surface area contributed by atoms with Crippen molar-refractivity contribution in [1.82, 2.24) is 5.32 Å². The Morgan fingerprint density at radius 3 is 1.57 bits per heavy atom. The average molecular weight is 438 g/mol. The second-order valence-corrected chi connectivity index (χ2v) is 6.76. The van der Waals surface area contributed by atoms with Crippen LogP contribution < -0.4 is 34.0 Å². The van der Waals surface area contributed by atoms with E-state index in [0.29, 0.717) is 32.4 Å². The van der Waals surface area contributed by atoms with Crippen LogP contribution in [0.15, 0.2) is 0 Å². The molecule has 0 radical (unpaired) electrons. The van der Waals surface area contributed by atoms with Crippen LogP contribution in [0.25, 0.3) is 0 Å². The first-order valence-corrected chi connectivity index (χ1v) is 9.50. The summed E-state index contributed by atoms with van der Waals surface area (Å²) in [6.07, 6.45) is 3.14. The third-order valence-corrected chi connectivity index (χ3v) is 3.61. The van der Waals surface area contributed by atoms with Crippen LogP contribution in [0.5, 0.6) is 0 Å². The maximum Gasteiger partial charge on any atom is 0.320 e. The molecule has 0 bridgehead atoms. The molecule has 30 heavy (non-hydrogen) atoms. The number of hydrogen-bond acceptors (Lipinski definition) is 8. The van der Waals surface area contributed by atoms with Crippen LogP contribution >= 0.6 is 0 Å². The highest BCUT2D eigenvalue weighted by molar-refractivity contribution is 5.74. The molecule has 0 aliphatic heterocycles. The fraction of sp³-hybridized carbons (Fsp3) is 0.765. The Morgan fingerprint density at radius 2 is 1.30 bits per heavy atom. The second-order valence-electron chi connectivity index (χ2n) is 6.76. The van der Waals surface area contributed by atoms with E-state index in [4.69, 9.17) is 49.4 Å². The van der Waals surface area contributed by atoms with Gasteiger partial charge in [-0.05, 0) is 38.1 Å². The minimum absolute atomic E-state index is 0.0208. The largest absolute Gasteiger partial charge is 0.480 e. The Labute approximate surface area is 176 Å². The molecule has 0 saturated heterocycles. The topological polar surface area (TPSA) is 278 Å². The Morgan fingerprint density at radius 1 is 0.867 bits per heavy atom. The van der Waals surface area contributed by atoms with Gasteiger partial charge in [-0.3, -0.25) is 19.8 Å². The second kappa shape index (κ2) is 19.8. The van der Waals surface area contributed by atoms with Crippen LogP contribution in [0.1, 0.15) is 46.0 Å². The smallest absolute Gasteiger partial charge is 0.320 e. The van der Waals surface area contributed by atoms with Crippen molar-refractivity contribution in [2.24, 2.45) is 34.6 Å². The molecule has 3 unspecified atom stereocenters. The van der Waals surface area contributed by atoms with E-state index >= 15 is 0 Å². The summed E-state index contributed by atoms with van der Waals surface area (Å²) in [5, 5.41) is 34.3. The molecule has 0 aliphatic carbocycles. The van der Waals surface area contributed by atoms with E-state index in [-0.39, 0.29) is 11.9 Å². The zero-order valence-electron chi connectivity index (χ0n) is 17.7. The lowest BCUT2D eigenvalue weighted by Gasteiger charge is -2.07. The molecule has 3 atom stereocenters. The highest BCUT2D eigenvalue weighted by Gasteiger charge is 2.14. The number of hydrogen-bond donors (Lipinski definition) is 10. The summed E-state index contributed by atoms with van der Waals surface area (Å²) in [5.74, 6) is -2.96. The predicted octanol–water partition coefficient (Wildman–Crippen LogP) is -1.76. The molecule has 0 aliphatic rings. The van der Waals surface area contributed by atoms with Gasteiger partial charge in [0.1, 0.15) is 18.1 Å². The zero-order chi connectivity index (χ0) is 24.3. The van der Waals surface area contributed by atoms with E-state index < -0.39 is 36.0 Å². The van der Waals surface area contributed by atoms with Gasteiger partial charge in [0.15, 0.2) is 5.96 Å². The molecule has 178 valence electrons. The first-order valence-electron chi connectivity index (χ1n) is 9.50.